The zero-order valence-corrected chi connectivity index (χ0v) is 17.3. The Morgan fingerprint density at radius 2 is 1.83 bits per heavy atom. The summed E-state index contributed by atoms with van der Waals surface area (Å²) < 4.78 is 0. The van der Waals surface area contributed by atoms with Gasteiger partial charge in [-0.25, -0.2) is 0 Å². The zero-order valence-electron chi connectivity index (χ0n) is 17.3. The molecule has 3 rings (SSSR count). The third kappa shape index (κ3) is 5.67. The fourth-order valence-electron chi connectivity index (χ4n) is 3.85. The Balaban J connectivity index is 1.73. The first-order valence-corrected chi connectivity index (χ1v) is 10.4. The van der Waals surface area contributed by atoms with Crippen molar-refractivity contribution in [3.05, 3.63) is 71.3 Å². The van der Waals surface area contributed by atoms with Gasteiger partial charge in [-0.15, -0.1) is 0 Å². The molecule has 2 aromatic rings. The van der Waals surface area contributed by atoms with Crippen molar-refractivity contribution in [3.8, 4) is 0 Å². The van der Waals surface area contributed by atoms with Crippen molar-refractivity contribution in [2.24, 2.45) is 11.7 Å². The van der Waals surface area contributed by atoms with Crippen molar-refractivity contribution in [2.45, 2.75) is 45.2 Å². The first-order chi connectivity index (χ1) is 13.9. The van der Waals surface area contributed by atoms with Crippen LogP contribution in [0.5, 0.6) is 0 Å². The van der Waals surface area contributed by atoms with Crippen LogP contribution in [0.3, 0.4) is 0 Å². The Morgan fingerprint density at radius 3 is 2.48 bits per heavy atom. The number of hydrogen-bond donors (Lipinski definition) is 2. The number of aryl methyl sites for hydroxylation is 1. The fourth-order valence-corrected chi connectivity index (χ4v) is 3.85. The van der Waals surface area contributed by atoms with E-state index in [1.54, 1.807) is 0 Å². The van der Waals surface area contributed by atoms with Crippen molar-refractivity contribution in [3.63, 3.8) is 0 Å². The molecule has 1 saturated heterocycles. The van der Waals surface area contributed by atoms with Gasteiger partial charge in [-0.05, 0) is 50.3 Å². The highest BCUT2D eigenvalue weighted by Gasteiger charge is 2.28. The van der Waals surface area contributed by atoms with Crippen LogP contribution in [-0.4, -0.2) is 35.8 Å². The molecule has 3 atom stereocenters. The van der Waals surface area contributed by atoms with Gasteiger partial charge < -0.3 is 16.0 Å². The average molecular weight is 394 g/mol. The van der Waals surface area contributed by atoms with Crippen molar-refractivity contribution < 1.29 is 9.59 Å². The van der Waals surface area contributed by atoms with Gasteiger partial charge in [0.05, 0.1) is 12.5 Å². The van der Waals surface area contributed by atoms with E-state index in [1.807, 2.05) is 73.3 Å². The van der Waals surface area contributed by atoms with Gasteiger partial charge in [0.25, 0.3) is 5.91 Å². The highest BCUT2D eigenvalue weighted by Crippen LogP contribution is 2.23. The molecule has 0 spiro atoms. The molecule has 1 aliphatic heterocycles. The van der Waals surface area contributed by atoms with Gasteiger partial charge in [-0.2, -0.15) is 0 Å². The van der Waals surface area contributed by atoms with E-state index in [1.165, 1.54) is 0 Å². The van der Waals surface area contributed by atoms with Crippen LogP contribution in [0.4, 0.5) is 0 Å². The zero-order chi connectivity index (χ0) is 20.8. The quantitative estimate of drug-likeness (QED) is 0.789. The molecule has 0 radical (unpaired) electrons. The van der Waals surface area contributed by atoms with Gasteiger partial charge >= 0.3 is 0 Å². The number of amides is 2. The lowest BCUT2D eigenvalue weighted by Crippen LogP contribution is -2.46. The molecule has 1 aliphatic rings. The number of nitrogens with zero attached hydrogens (tertiary/aromatic N) is 1. The Morgan fingerprint density at radius 1 is 1.14 bits per heavy atom. The predicted octanol–water partition coefficient (Wildman–Crippen LogP) is 3.44. The molecule has 5 nitrogen and oxygen atoms in total. The van der Waals surface area contributed by atoms with Crippen LogP contribution < -0.4 is 11.1 Å². The first-order valence-electron chi connectivity index (χ1n) is 10.4. The van der Waals surface area contributed by atoms with Crippen molar-refractivity contribution >= 4 is 11.8 Å². The number of rotatable bonds is 6. The molecule has 2 amide bonds. The van der Waals surface area contributed by atoms with Gasteiger partial charge in [-0.3, -0.25) is 9.59 Å². The van der Waals surface area contributed by atoms with E-state index in [0.717, 1.165) is 30.5 Å². The second kappa shape index (κ2) is 9.70. The molecule has 0 aliphatic carbocycles. The van der Waals surface area contributed by atoms with Crippen LogP contribution in [-0.2, 0) is 4.79 Å². The van der Waals surface area contributed by atoms with Crippen LogP contribution in [0.2, 0.25) is 0 Å². The second-order valence-electron chi connectivity index (χ2n) is 8.11. The highest BCUT2D eigenvalue weighted by atomic mass is 16.2. The van der Waals surface area contributed by atoms with Gasteiger partial charge in [0, 0.05) is 24.7 Å². The van der Waals surface area contributed by atoms with E-state index in [4.69, 9.17) is 5.73 Å². The number of hydrogen-bond acceptors (Lipinski definition) is 3. The standard InChI is InChI=1S/C24H31N3O2/c1-17-10-12-20(13-11-17)24(29)26-22(19-7-4-3-5-8-19)15-23(28)27-14-6-9-21(16-27)18(2)25/h3-5,7-8,10-13,18,21-22H,6,9,14-16,25H2,1-2H3,(H,26,29). The van der Waals surface area contributed by atoms with E-state index in [-0.39, 0.29) is 30.3 Å². The molecular weight excluding hydrogens is 362 g/mol. The molecule has 1 heterocycles. The van der Waals surface area contributed by atoms with Crippen molar-refractivity contribution in [1.29, 1.82) is 0 Å². The minimum absolute atomic E-state index is 0.0633. The largest absolute Gasteiger partial charge is 0.345 e. The number of carbonyl (C=O) groups is 2. The minimum atomic E-state index is -0.367. The normalized spacial score (nSPS) is 18.7. The molecule has 5 heteroatoms. The van der Waals surface area contributed by atoms with Crippen LogP contribution in [0.1, 0.15) is 53.7 Å². The van der Waals surface area contributed by atoms with E-state index >= 15 is 0 Å². The third-order valence-electron chi connectivity index (χ3n) is 5.75. The summed E-state index contributed by atoms with van der Waals surface area (Å²) in [5.41, 5.74) is 8.70. The maximum Gasteiger partial charge on any atom is 0.251 e. The lowest BCUT2D eigenvalue weighted by atomic mass is 9.91. The maximum atomic E-state index is 13.0. The minimum Gasteiger partial charge on any atom is -0.345 e. The van der Waals surface area contributed by atoms with Crippen molar-refractivity contribution in [1.82, 2.24) is 10.2 Å². The second-order valence-corrected chi connectivity index (χ2v) is 8.11. The summed E-state index contributed by atoms with van der Waals surface area (Å²) in [7, 11) is 0. The summed E-state index contributed by atoms with van der Waals surface area (Å²) >= 11 is 0. The van der Waals surface area contributed by atoms with E-state index in [9.17, 15) is 9.59 Å². The number of nitrogens with one attached hydrogen (secondary N) is 1. The molecule has 29 heavy (non-hydrogen) atoms. The SMILES string of the molecule is Cc1ccc(C(=O)NC(CC(=O)N2CCCC(C(C)N)C2)c2ccccc2)cc1. The third-order valence-corrected chi connectivity index (χ3v) is 5.75. The maximum absolute atomic E-state index is 13.0. The van der Waals surface area contributed by atoms with E-state index < -0.39 is 0 Å². The number of benzene rings is 2. The monoisotopic (exact) mass is 393 g/mol. The summed E-state index contributed by atoms with van der Waals surface area (Å²) in [6.45, 7) is 5.45. The molecule has 3 unspecified atom stereocenters. The van der Waals surface area contributed by atoms with Gasteiger partial charge in [0.1, 0.15) is 0 Å². The van der Waals surface area contributed by atoms with Crippen molar-refractivity contribution in [2.75, 3.05) is 13.1 Å². The Hall–Kier alpha value is -2.66. The van der Waals surface area contributed by atoms with Gasteiger partial charge in [0.2, 0.25) is 5.91 Å². The van der Waals surface area contributed by atoms with Gasteiger partial charge in [-0.1, -0.05) is 48.0 Å². The molecular formula is C24H31N3O2. The number of likely N-dealkylation sites (tertiary alicyclic amines) is 1. The smallest absolute Gasteiger partial charge is 0.251 e. The van der Waals surface area contributed by atoms with Crippen LogP contribution in [0.15, 0.2) is 54.6 Å². The number of piperidine rings is 1. The van der Waals surface area contributed by atoms with E-state index in [2.05, 4.69) is 5.32 Å². The summed E-state index contributed by atoms with van der Waals surface area (Å²) in [4.78, 5) is 27.7. The Labute approximate surface area is 173 Å². The predicted molar refractivity (Wildman–Crippen MR) is 115 cm³/mol. The first kappa shape index (κ1) is 21.1. The van der Waals surface area contributed by atoms with E-state index in [0.29, 0.717) is 18.0 Å². The summed E-state index contributed by atoms with van der Waals surface area (Å²) in [5, 5.41) is 3.06. The molecule has 1 fully saturated rings. The average Bonchev–Trinajstić information content (AvgIpc) is 2.74. The fraction of sp³-hybridized carbons (Fsp3) is 0.417. The van der Waals surface area contributed by atoms with Gasteiger partial charge in [0.15, 0.2) is 0 Å². The van der Waals surface area contributed by atoms with Crippen LogP contribution in [0, 0.1) is 12.8 Å². The summed E-state index contributed by atoms with van der Waals surface area (Å²) in [5.74, 6) is 0.234. The lowest BCUT2D eigenvalue weighted by molar-refractivity contribution is -0.133. The Bertz CT molecular complexity index is 818. The molecule has 0 bridgehead atoms. The summed E-state index contributed by atoms with van der Waals surface area (Å²) in [6, 6.07) is 16.9. The summed E-state index contributed by atoms with van der Waals surface area (Å²) in [6.07, 6.45) is 2.28. The Kier molecular flexibility index (Phi) is 7.04. The lowest BCUT2D eigenvalue weighted by Gasteiger charge is -2.35. The highest BCUT2D eigenvalue weighted by molar-refractivity contribution is 5.94. The van der Waals surface area contributed by atoms with Crippen LogP contribution >= 0.6 is 0 Å². The molecule has 3 N–H and O–H groups in total. The molecule has 154 valence electrons. The number of carbonyl (C=O) groups excluding carboxylic acids is 2. The number of nitrogens with two attached hydrogens (primary N) is 1. The molecule has 2 aromatic carbocycles. The molecule has 0 saturated carbocycles. The van der Waals surface area contributed by atoms with Crippen LogP contribution in [0.25, 0.3) is 0 Å². The topological polar surface area (TPSA) is 75.4 Å². The molecule has 0 aromatic heterocycles.